The van der Waals surface area contributed by atoms with Crippen LogP contribution in [-0.2, 0) is 4.79 Å². The number of β-amino-alcohol motifs (C(OH)–C–C–N with tert-alkyl or cyclic N) is 1. The van der Waals surface area contributed by atoms with Crippen LogP contribution in [0.5, 0.6) is 0 Å². The molecule has 7 heteroatoms. The first kappa shape index (κ1) is 23.9. The summed E-state index contributed by atoms with van der Waals surface area (Å²) in [6.45, 7) is 5.33. The van der Waals surface area contributed by atoms with Gasteiger partial charge in [-0.3, -0.25) is 4.79 Å². The number of aromatic amines is 1. The lowest BCUT2D eigenvalue weighted by molar-refractivity contribution is -0.137. The first-order valence-electron chi connectivity index (χ1n) is 11.1. The maximum absolute atomic E-state index is 13.5. The summed E-state index contributed by atoms with van der Waals surface area (Å²) >= 11 is 0. The molecule has 2 aromatic carbocycles. The van der Waals surface area contributed by atoms with Crippen molar-refractivity contribution >= 4 is 16.8 Å². The van der Waals surface area contributed by atoms with Crippen LogP contribution in [0.25, 0.3) is 22.2 Å². The Morgan fingerprint density at radius 3 is 2.25 bits per heavy atom. The molecule has 2 fully saturated rings. The first-order chi connectivity index (χ1) is 15.4. The van der Waals surface area contributed by atoms with Gasteiger partial charge in [-0.15, -0.1) is 0 Å². The minimum Gasteiger partial charge on any atom is -0.391 e. The predicted octanol–water partition coefficient (Wildman–Crippen LogP) is 5.66. The van der Waals surface area contributed by atoms with Gasteiger partial charge >= 0.3 is 0 Å². The number of hydrogen-bond acceptors (Lipinski definition) is 2. The highest BCUT2D eigenvalue weighted by Gasteiger charge is 2.32. The van der Waals surface area contributed by atoms with Crippen molar-refractivity contribution in [1.82, 2.24) is 9.88 Å². The molecule has 1 aliphatic heterocycles. The number of hydrogen-bond donors (Lipinski definition) is 2. The van der Waals surface area contributed by atoms with Crippen molar-refractivity contribution in [3.8, 4) is 11.3 Å². The summed E-state index contributed by atoms with van der Waals surface area (Å²) in [7, 11) is 0. The molecule has 2 heterocycles. The molecular weight excluding hydrogens is 417 g/mol. The Balaban J connectivity index is 0.000000180. The van der Waals surface area contributed by atoms with Gasteiger partial charge in [0.1, 0.15) is 17.5 Å². The number of rotatable bonds is 2. The van der Waals surface area contributed by atoms with Crippen molar-refractivity contribution in [2.45, 2.75) is 45.6 Å². The molecule has 1 saturated heterocycles. The number of likely N-dealkylation sites (tertiary alicyclic amines) is 1. The molecule has 1 saturated carbocycles. The van der Waals surface area contributed by atoms with E-state index in [1.165, 1.54) is 24.6 Å². The van der Waals surface area contributed by atoms with Crippen molar-refractivity contribution < 1.29 is 23.1 Å². The average molecular weight is 447 g/mol. The standard InChI is InChI=1S/C14H8F3N.C9H15NO2.C2H6/c15-10-3-1-8(2-4-10)13-6-9-5-11(16)7-12(17)14(9)18-13;11-8-4-5-10(6-8)9(12)7-2-1-3-7;1-2/h1-7,18H;7-8,11H,1-6H2;1-2H3. The molecular formula is C25H29F3N2O2. The maximum atomic E-state index is 13.5. The van der Waals surface area contributed by atoms with E-state index in [2.05, 4.69) is 4.98 Å². The molecule has 5 rings (SSSR count). The molecule has 1 atom stereocenters. The number of aliphatic hydroxyl groups excluding tert-OH is 1. The highest BCUT2D eigenvalue weighted by molar-refractivity contribution is 5.86. The molecule has 1 unspecified atom stereocenters. The molecule has 0 radical (unpaired) electrons. The molecule has 0 bridgehead atoms. The van der Waals surface area contributed by atoms with E-state index in [-0.39, 0.29) is 29.3 Å². The van der Waals surface area contributed by atoms with Gasteiger partial charge in [-0.2, -0.15) is 0 Å². The first-order valence-corrected chi connectivity index (χ1v) is 11.1. The number of halogens is 3. The number of aliphatic hydroxyl groups is 1. The fourth-order valence-electron chi connectivity index (χ4n) is 3.81. The van der Waals surface area contributed by atoms with E-state index in [4.69, 9.17) is 0 Å². The Kier molecular flexibility index (Phi) is 7.96. The molecule has 172 valence electrons. The van der Waals surface area contributed by atoms with E-state index in [1.54, 1.807) is 18.2 Å². The molecule has 3 aromatic rings. The van der Waals surface area contributed by atoms with E-state index in [9.17, 15) is 23.1 Å². The normalized spacial score (nSPS) is 17.8. The second-order valence-electron chi connectivity index (χ2n) is 7.90. The van der Waals surface area contributed by atoms with Crippen LogP contribution in [0.3, 0.4) is 0 Å². The number of carbonyl (C=O) groups excluding carboxylic acids is 1. The van der Waals surface area contributed by atoms with Crippen molar-refractivity contribution in [1.29, 1.82) is 0 Å². The van der Waals surface area contributed by atoms with Gasteiger partial charge in [0.25, 0.3) is 0 Å². The quantitative estimate of drug-likeness (QED) is 0.534. The van der Waals surface area contributed by atoms with E-state index < -0.39 is 11.6 Å². The molecule has 0 spiro atoms. The zero-order chi connectivity index (χ0) is 23.3. The Labute approximate surface area is 186 Å². The van der Waals surface area contributed by atoms with Gasteiger partial charge < -0.3 is 15.0 Å². The van der Waals surface area contributed by atoms with Crippen molar-refractivity contribution in [2.24, 2.45) is 5.92 Å². The smallest absolute Gasteiger partial charge is 0.225 e. The average Bonchev–Trinajstić information content (AvgIpc) is 3.36. The summed E-state index contributed by atoms with van der Waals surface area (Å²) in [5, 5.41) is 9.68. The van der Waals surface area contributed by atoms with Gasteiger partial charge in [-0.1, -0.05) is 20.3 Å². The summed E-state index contributed by atoms with van der Waals surface area (Å²) in [5.41, 5.74) is 1.58. The number of aromatic nitrogens is 1. The molecule has 1 aliphatic carbocycles. The number of benzene rings is 2. The highest BCUT2D eigenvalue weighted by atomic mass is 19.1. The summed E-state index contributed by atoms with van der Waals surface area (Å²) in [6.07, 6.45) is 3.82. The van der Waals surface area contributed by atoms with Crippen molar-refractivity contribution in [2.75, 3.05) is 13.1 Å². The molecule has 1 amide bonds. The van der Waals surface area contributed by atoms with Gasteiger partial charge in [0.2, 0.25) is 5.91 Å². The van der Waals surface area contributed by atoms with Crippen LogP contribution >= 0.6 is 0 Å². The lowest BCUT2D eigenvalue weighted by Crippen LogP contribution is -2.37. The van der Waals surface area contributed by atoms with Crippen LogP contribution in [0.1, 0.15) is 39.5 Å². The lowest BCUT2D eigenvalue weighted by Gasteiger charge is -2.28. The molecule has 2 N–H and O–H groups in total. The van der Waals surface area contributed by atoms with E-state index in [1.807, 2.05) is 18.7 Å². The number of fused-ring (bicyclic) bond motifs is 1. The predicted molar refractivity (Wildman–Crippen MR) is 120 cm³/mol. The topological polar surface area (TPSA) is 56.3 Å². The van der Waals surface area contributed by atoms with Gasteiger partial charge in [0, 0.05) is 36.2 Å². The van der Waals surface area contributed by atoms with Crippen LogP contribution in [0.15, 0.2) is 42.5 Å². The third-order valence-corrected chi connectivity index (χ3v) is 5.73. The molecule has 1 aromatic heterocycles. The molecule has 4 nitrogen and oxygen atoms in total. The fourth-order valence-corrected chi connectivity index (χ4v) is 3.81. The molecule has 2 aliphatic rings. The van der Waals surface area contributed by atoms with Gasteiger partial charge in [0.15, 0.2) is 0 Å². The zero-order valence-corrected chi connectivity index (χ0v) is 18.4. The van der Waals surface area contributed by atoms with Crippen LogP contribution in [-0.4, -0.2) is 40.1 Å². The third kappa shape index (κ3) is 5.51. The van der Waals surface area contributed by atoms with Crippen molar-refractivity contribution in [3.05, 3.63) is 59.9 Å². The summed E-state index contributed by atoms with van der Waals surface area (Å²) in [4.78, 5) is 16.3. The number of H-pyrrole nitrogens is 1. The van der Waals surface area contributed by atoms with Gasteiger partial charge in [-0.25, -0.2) is 13.2 Å². The Hall–Kier alpha value is -2.80. The molecule has 32 heavy (non-hydrogen) atoms. The number of nitrogens with one attached hydrogen (secondary N) is 1. The van der Waals surface area contributed by atoms with E-state index in [0.717, 1.165) is 31.9 Å². The second-order valence-corrected chi connectivity index (χ2v) is 7.90. The van der Waals surface area contributed by atoms with Gasteiger partial charge in [0.05, 0.1) is 11.6 Å². The summed E-state index contributed by atoms with van der Waals surface area (Å²) in [6, 6.07) is 9.50. The summed E-state index contributed by atoms with van der Waals surface area (Å²) < 4.78 is 39.4. The lowest BCUT2D eigenvalue weighted by atomic mass is 9.84. The van der Waals surface area contributed by atoms with Gasteiger partial charge in [-0.05, 0) is 61.2 Å². The number of carbonyl (C=O) groups is 1. The number of amides is 1. The number of nitrogens with zero attached hydrogens (tertiary/aromatic N) is 1. The second kappa shape index (κ2) is 10.7. The SMILES string of the molecule is CC.Fc1ccc(-c2cc3cc(F)cc(F)c3[nH]2)cc1.O=C(C1CCC1)N1CCC(O)C1. The third-order valence-electron chi connectivity index (χ3n) is 5.73. The minimum absolute atomic E-state index is 0.246. The minimum atomic E-state index is -0.640. The highest BCUT2D eigenvalue weighted by Crippen LogP contribution is 2.29. The maximum Gasteiger partial charge on any atom is 0.225 e. The van der Waals surface area contributed by atoms with Crippen LogP contribution in [0, 0.1) is 23.4 Å². The van der Waals surface area contributed by atoms with Crippen LogP contribution in [0.2, 0.25) is 0 Å². The Morgan fingerprint density at radius 2 is 1.69 bits per heavy atom. The largest absolute Gasteiger partial charge is 0.391 e. The van der Waals surface area contributed by atoms with E-state index >= 15 is 0 Å². The van der Waals surface area contributed by atoms with Crippen molar-refractivity contribution in [3.63, 3.8) is 0 Å². The van der Waals surface area contributed by atoms with E-state index in [0.29, 0.717) is 23.2 Å². The Bertz CT molecular complexity index is 1050. The zero-order valence-electron chi connectivity index (χ0n) is 18.4. The summed E-state index contributed by atoms with van der Waals surface area (Å²) in [5.74, 6) is -1.04. The monoisotopic (exact) mass is 446 g/mol. The Morgan fingerprint density at radius 1 is 1.00 bits per heavy atom. The van der Waals surface area contributed by atoms with Crippen LogP contribution in [0.4, 0.5) is 13.2 Å². The fraction of sp³-hybridized carbons (Fsp3) is 0.400. The van der Waals surface area contributed by atoms with Crippen LogP contribution < -0.4 is 0 Å².